The van der Waals surface area contributed by atoms with E-state index in [0.29, 0.717) is 25.3 Å². The predicted octanol–water partition coefficient (Wildman–Crippen LogP) is 2.53. The monoisotopic (exact) mass is 273 g/mol. The first kappa shape index (κ1) is 14.1. The number of carbonyl (C=O) groups is 1. The molecule has 1 aromatic heterocycles. The second-order valence-electron chi connectivity index (χ2n) is 4.65. The van der Waals surface area contributed by atoms with E-state index >= 15 is 0 Å². The SMILES string of the molecule is Cc1ccc(OCCCC(=O)Nc2ccnn2C)cc1. The zero-order valence-corrected chi connectivity index (χ0v) is 11.8. The number of nitrogens with one attached hydrogen (secondary N) is 1. The molecule has 0 bridgehead atoms. The normalized spacial score (nSPS) is 10.3. The Morgan fingerprint density at radius 1 is 1.30 bits per heavy atom. The number of hydrogen-bond acceptors (Lipinski definition) is 3. The minimum atomic E-state index is -0.0268. The third-order valence-electron chi connectivity index (χ3n) is 2.93. The van der Waals surface area contributed by atoms with Crippen LogP contribution in [0.1, 0.15) is 18.4 Å². The third kappa shape index (κ3) is 4.12. The van der Waals surface area contributed by atoms with Crippen molar-refractivity contribution in [3.8, 4) is 5.75 Å². The predicted molar refractivity (Wildman–Crippen MR) is 77.7 cm³/mol. The average molecular weight is 273 g/mol. The molecule has 0 unspecified atom stereocenters. The zero-order valence-electron chi connectivity index (χ0n) is 11.8. The van der Waals surface area contributed by atoms with Gasteiger partial charge in [0.1, 0.15) is 11.6 Å². The highest BCUT2D eigenvalue weighted by Crippen LogP contribution is 2.12. The summed E-state index contributed by atoms with van der Waals surface area (Å²) in [5.74, 6) is 1.51. The molecule has 0 fully saturated rings. The highest BCUT2D eigenvalue weighted by Gasteiger charge is 2.05. The van der Waals surface area contributed by atoms with Crippen LogP contribution < -0.4 is 10.1 Å². The van der Waals surface area contributed by atoms with Crippen LogP contribution in [0.2, 0.25) is 0 Å². The summed E-state index contributed by atoms with van der Waals surface area (Å²) in [6, 6.07) is 9.64. The zero-order chi connectivity index (χ0) is 14.4. The van der Waals surface area contributed by atoms with Crippen molar-refractivity contribution in [2.24, 2.45) is 7.05 Å². The van der Waals surface area contributed by atoms with Gasteiger partial charge in [0.05, 0.1) is 12.8 Å². The van der Waals surface area contributed by atoms with Gasteiger partial charge in [0.15, 0.2) is 0 Å². The molecule has 0 saturated heterocycles. The number of ether oxygens (including phenoxy) is 1. The molecule has 1 amide bonds. The van der Waals surface area contributed by atoms with Gasteiger partial charge in [0, 0.05) is 19.5 Å². The van der Waals surface area contributed by atoms with E-state index in [1.165, 1.54) is 5.56 Å². The summed E-state index contributed by atoms with van der Waals surface area (Å²) in [6.45, 7) is 2.56. The number of amides is 1. The lowest BCUT2D eigenvalue weighted by Crippen LogP contribution is -2.15. The van der Waals surface area contributed by atoms with E-state index in [-0.39, 0.29) is 5.91 Å². The summed E-state index contributed by atoms with van der Waals surface area (Å²) in [4.78, 5) is 11.7. The van der Waals surface area contributed by atoms with Crippen molar-refractivity contribution >= 4 is 11.7 Å². The summed E-state index contributed by atoms with van der Waals surface area (Å²) in [7, 11) is 1.79. The van der Waals surface area contributed by atoms with Gasteiger partial charge in [-0.15, -0.1) is 0 Å². The Bertz CT molecular complexity index is 561. The van der Waals surface area contributed by atoms with Gasteiger partial charge in [-0.05, 0) is 25.5 Å². The van der Waals surface area contributed by atoms with Crippen molar-refractivity contribution in [3.05, 3.63) is 42.1 Å². The van der Waals surface area contributed by atoms with E-state index in [9.17, 15) is 4.79 Å². The molecule has 1 aromatic carbocycles. The van der Waals surface area contributed by atoms with Crippen LogP contribution in [-0.4, -0.2) is 22.3 Å². The Kier molecular flexibility index (Phi) is 4.76. The van der Waals surface area contributed by atoms with Gasteiger partial charge in [-0.1, -0.05) is 17.7 Å². The lowest BCUT2D eigenvalue weighted by Gasteiger charge is -2.07. The second-order valence-corrected chi connectivity index (χ2v) is 4.65. The fraction of sp³-hybridized carbons (Fsp3) is 0.333. The molecule has 0 atom stereocenters. The fourth-order valence-electron chi connectivity index (χ4n) is 1.76. The molecular weight excluding hydrogens is 254 g/mol. The van der Waals surface area contributed by atoms with Gasteiger partial charge >= 0.3 is 0 Å². The molecule has 0 spiro atoms. The number of aryl methyl sites for hydroxylation is 2. The van der Waals surface area contributed by atoms with Crippen molar-refractivity contribution in [1.29, 1.82) is 0 Å². The van der Waals surface area contributed by atoms with Crippen LogP contribution in [0.5, 0.6) is 5.75 Å². The van der Waals surface area contributed by atoms with Crippen LogP contribution in [0.4, 0.5) is 5.82 Å². The molecule has 0 radical (unpaired) electrons. The molecule has 0 aliphatic carbocycles. The maximum atomic E-state index is 11.7. The molecule has 5 nitrogen and oxygen atoms in total. The van der Waals surface area contributed by atoms with E-state index in [1.807, 2.05) is 31.2 Å². The van der Waals surface area contributed by atoms with Crippen LogP contribution >= 0.6 is 0 Å². The molecular formula is C15H19N3O2. The van der Waals surface area contributed by atoms with Crippen LogP contribution in [0.15, 0.2) is 36.5 Å². The van der Waals surface area contributed by atoms with Gasteiger partial charge in [-0.3, -0.25) is 9.48 Å². The molecule has 0 aliphatic rings. The summed E-state index contributed by atoms with van der Waals surface area (Å²) >= 11 is 0. The molecule has 2 rings (SSSR count). The van der Waals surface area contributed by atoms with Crippen molar-refractivity contribution in [1.82, 2.24) is 9.78 Å². The van der Waals surface area contributed by atoms with Gasteiger partial charge in [0.25, 0.3) is 0 Å². The van der Waals surface area contributed by atoms with Crippen LogP contribution in [0.3, 0.4) is 0 Å². The second kappa shape index (κ2) is 6.75. The largest absolute Gasteiger partial charge is 0.494 e. The Hall–Kier alpha value is -2.30. The lowest BCUT2D eigenvalue weighted by molar-refractivity contribution is -0.116. The maximum absolute atomic E-state index is 11.7. The quantitative estimate of drug-likeness (QED) is 0.823. The van der Waals surface area contributed by atoms with Crippen molar-refractivity contribution in [3.63, 3.8) is 0 Å². The molecule has 2 aromatic rings. The van der Waals surface area contributed by atoms with Gasteiger partial charge in [-0.2, -0.15) is 5.10 Å². The minimum absolute atomic E-state index is 0.0268. The van der Waals surface area contributed by atoms with Gasteiger partial charge in [0.2, 0.25) is 5.91 Å². The molecule has 106 valence electrons. The summed E-state index contributed by atoms with van der Waals surface area (Å²) in [6.07, 6.45) is 2.75. The standard InChI is InChI=1S/C15H19N3O2/c1-12-5-7-13(8-6-12)20-11-3-4-15(19)17-14-9-10-16-18(14)2/h5-10H,3-4,11H2,1-2H3,(H,17,19). The number of anilines is 1. The first-order valence-corrected chi connectivity index (χ1v) is 6.62. The Labute approximate surface area is 118 Å². The minimum Gasteiger partial charge on any atom is -0.494 e. The highest BCUT2D eigenvalue weighted by molar-refractivity contribution is 5.89. The molecule has 0 saturated carbocycles. The fourth-order valence-corrected chi connectivity index (χ4v) is 1.76. The third-order valence-corrected chi connectivity index (χ3v) is 2.93. The Morgan fingerprint density at radius 3 is 2.70 bits per heavy atom. The van der Waals surface area contributed by atoms with E-state index in [1.54, 1.807) is 24.0 Å². The average Bonchev–Trinajstić information content (AvgIpc) is 2.82. The van der Waals surface area contributed by atoms with Gasteiger partial charge in [-0.25, -0.2) is 0 Å². The summed E-state index contributed by atoms with van der Waals surface area (Å²) < 4.78 is 7.20. The van der Waals surface area contributed by atoms with Crippen LogP contribution in [-0.2, 0) is 11.8 Å². The molecule has 0 aliphatic heterocycles. The first-order chi connectivity index (χ1) is 9.65. The van der Waals surface area contributed by atoms with Crippen molar-refractivity contribution < 1.29 is 9.53 Å². The molecule has 1 N–H and O–H groups in total. The number of benzene rings is 1. The highest BCUT2D eigenvalue weighted by atomic mass is 16.5. The van der Waals surface area contributed by atoms with Crippen molar-refractivity contribution in [2.75, 3.05) is 11.9 Å². The summed E-state index contributed by atoms with van der Waals surface area (Å²) in [5, 5.41) is 6.79. The van der Waals surface area contributed by atoms with E-state index < -0.39 is 0 Å². The molecule has 5 heteroatoms. The van der Waals surface area contributed by atoms with E-state index in [0.717, 1.165) is 5.75 Å². The maximum Gasteiger partial charge on any atom is 0.225 e. The van der Waals surface area contributed by atoms with Crippen LogP contribution in [0, 0.1) is 6.92 Å². The van der Waals surface area contributed by atoms with Gasteiger partial charge < -0.3 is 10.1 Å². The first-order valence-electron chi connectivity index (χ1n) is 6.62. The van der Waals surface area contributed by atoms with Crippen LogP contribution in [0.25, 0.3) is 0 Å². The Morgan fingerprint density at radius 2 is 2.05 bits per heavy atom. The van der Waals surface area contributed by atoms with Crippen molar-refractivity contribution in [2.45, 2.75) is 19.8 Å². The van der Waals surface area contributed by atoms with E-state index in [4.69, 9.17) is 4.74 Å². The molecule has 20 heavy (non-hydrogen) atoms. The number of aromatic nitrogens is 2. The number of hydrogen-bond donors (Lipinski definition) is 1. The van der Waals surface area contributed by atoms with E-state index in [2.05, 4.69) is 10.4 Å². The topological polar surface area (TPSA) is 56.1 Å². The number of carbonyl (C=O) groups excluding carboxylic acids is 1. The summed E-state index contributed by atoms with van der Waals surface area (Å²) in [5.41, 5.74) is 1.20. The smallest absolute Gasteiger partial charge is 0.225 e. The number of rotatable bonds is 6. The lowest BCUT2D eigenvalue weighted by atomic mass is 10.2. The number of nitrogens with zero attached hydrogens (tertiary/aromatic N) is 2. The molecule has 1 heterocycles. The Balaban J connectivity index is 1.67.